The van der Waals surface area contributed by atoms with Crippen LogP contribution in [0.25, 0.3) is 0 Å². The van der Waals surface area contributed by atoms with Crippen molar-refractivity contribution in [3.05, 3.63) is 0 Å². The average molecular weight is 390 g/mol. The fourth-order valence-corrected chi connectivity index (χ4v) is 0. The first-order chi connectivity index (χ1) is 1.00. The molecule has 0 aliphatic rings. The monoisotopic (exact) mass is 391 g/mol. The third kappa shape index (κ3) is 9.13. The van der Waals surface area contributed by atoms with Crippen molar-refractivity contribution in [3.8, 4) is 0 Å². The summed E-state index contributed by atoms with van der Waals surface area (Å²) in [5.41, 5.74) is 0. The fourth-order valence-electron chi connectivity index (χ4n) is 0. The Morgan fingerprint density at radius 2 is 1.25 bits per heavy atom. The molecule has 0 aliphatic carbocycles. The van der Waals surface area contributed by atoms with E-state index in [4.69, 9.17) is 0 Å². The molecule has 0 saturated heterocycles. The van der Waals surface area contributed by atoms with Crippen LogP contribution in [0.1, 0.15) is 0 Å². The molecular weight excluding hydrogens is 388 g/mol. The van der Waals surface area contributed by atoms with Gasteiger partial charge in [0.1, 0.15) is 0 Å². The Morgan fingerprint density at radius 1 is 1.25 bits per heavy atom. The van der Waals surface area contributed by atoms with E-state index in [-0.39, 0.29) is 98.3 Å². The zero-order valence-corrected chi connectivity index (χ0v) is 5.14. The number of hydrogen-bond donors (Lipinski definition) is 0. The van der Waals surface area contributed by atoms with Crippen molar-refractivity contribution in [3.63, 3.8) is 0 Å². The molecule has 1 radical (unpaired) electrons. The molecule has 0 nitrogen and oxygen atoms in total. The van der Waals surface area contributed by atoms with Crippen molar-refractivity contribution in [2.45, 2.75) is 0 Å². The van der Waals surface area contributed by atoms with Crippen LogP contribution < -0.4 is 0 Å². The van der Waals surface area contributed by atoms with Gasteiger partial charge in [0.05, 0.1) is 0 Å². The summed E-state index contributed by atoms with van der Waals surface area (Å²) >= 11 is 1.44. The molecule has 0 rings (SSSR count). The minimum absolute atomic E-state index is 0. The van der Waals surface area contributed by atoms with E-state index in [1.54, 1.807) is 0 Å². The van der Waals surface area contributed by atoms with Gasteiger partial charge in [-0.15, -0.1) is 0 Å². The van der Waals surface area contributed by atoms with E-state index in [0.29, 0.717) is 0 Å². The summed E-state index contributed by atoms with van der Waals surface area (Å²) in [7, 11) is 0. The summed E-state index contributed by atoms with van der Waals surface area (Å²) in [6.45, 7) is 0. The molecule has 0 saturated carbocycles. The third-order valence-electron chi connectivity index (χ3n) is 0. The van der Waals surface area contributed by atoms with E-state index in [0.717, 1.165) is 0 Å². The summed E-state index contributed by atoms with van der Waals surface area (Å²) in [5.74, 6) is 0. The van der Waals surface area contributed by atoms with Gasteiger partial charge in [-0.05, 0) is 0 Å². The second-order valence-corrected chi connectivity index (χ2v) is 0. The van der Waals surface area contributed by atoms with Crippen molar-refractivity contribution >= 4 is 65.3 Å². The molecule has 4 heteroatoms. The van der Waals surface area contributed by atoms with Gasteiger partial charge in [-0.2, -0.15) is 3.56 Å². The Labute approximate surface area is 114 Å². The van der Waals surface area contributed by atoms with Crippen LogP contribution in [0, 0.1) is 49.4 Å². The van der Waals surface area contributed by atoms with Gasteiger partial charge in [0, 0.05) is 49.4 Å². The molecule has 0 atom stereocenters. The first kappa shape index (κ1) is 15.6. The Hall–Kier alpha value is 3.57. The quantitative estimate of drug-likeness (QED) is 0.524. The maximum absolute atomic E-state index is 9.31. The molecule has 0 N–H and O–H groups in total. The van der Waals surface area contributed by atoms with Gasteiger partial charge in [0.2, 0.25) is 0 Å². The van der Waals surface area contributed by atoms with Gasteiger partial charge in [0.25, 0.3) is 0 Å². The van der Waals surface area contributed by atoms with Crippen LogP contribution in [-0.2, 0) is 0 Å². The van der Waals surface area contributed by atoms with Crippen molar-refractivity contribution in [1.82, 2.24) is 0 Å². The predicted octanol–water partition coefficient (Wildman–Crippen LogP) is 0.350. The van der Waals surface area contributed by atoms with E-state index < -0.39 is 0 Å². The van der Waals surface area contributed by atoms with Gasteiger partial charge in [-0.1, -0.05) is 0 Å². The number of hydrogen-bond acceptors (Lipinski definition) is 0. The smallest absolute Gasteiger partial charge is 0 e. The van der Waals surface area contributed by atoms with Gasteiger partial charge in [0.15, 0.2) is 16.4 Å². The number of halogens is 2. The molecule has 0 fully saturated rings. The normalized spacial score (nSPS) is 1.50. The van der Waals surface area contributed by atoms with Crippen LogP contribution in [0.15, 0.2) is 0 Å². The maximum atomic E-state index is 9.31. The van der Waals surface area contributed by atoms with E-state index >= 15 is 0 Å². The minimum atomic E-state index is 0. The number of rotatable bonds is 0. The molecule has 0 aromatic carbocycles. The van der Waals surface area contributed by atoms with Crippen LogP contribution in [0.2, 0.25) is 0 Å². The summed E-state index contributed by atoms with van der Waals surface area (Å²) < 4.78 is 9.31. The van der Waals surface area contributed by atoms with Crippen molar-refractivity contribution in [2.75, 3.05) is 0 Å². The minimum Gasteiger partial charge on any atom is 0 e. The molecule has 25 valence electrons. The van der Waals surface area contributed by atoms with Crippen molar-refractivity contribution in [1.29, 1.82) is 0 Å². The standard InChI is InChI=1S/Ba.BrF.Eu.2H/c;1-2;;;. The molecule has 0 amide bonds. The topological polar surface area (TPSA) is 0 Å². The van der Waals surface area contributed by atoms with Crippen LogP contribution in [0.3, 0.4) is 0 Å². The molecular formula is H2BaBrEuF. The molecule has 0 unspecified atom stereocenters. The third-order valence-corrected chi connectivity index (χ3v) is 0. The largest absolute Gasteiger partial charge is 0 e. The molecule has 0 bridgehead atoms. The Bertz CT molecular complexity index is 8.00. The van der Waals surface area contributed by atoms with Crippen LogP contribution in [-0.4, -0.2) is 48.9 Å². The average Bonchev–Trinajstić information content (AvgIpc) is 1.00. The first-order valence-electron chi connectivity index (χ1n) is 0.143. The SMILES string of the molecule is FBr.[BaH2].[Eu]. The van der Waals surface area contributed by atoms with E-state index in [9.17, 15) is 3.56 Å². The predicted molar refractivity (Wildman–Crippen MR) is 18.6 cm³/mol. The van der Waals surface area contributed by atoms with E-state index in [2.05, 4.69) is 0 Å². The zero-order chi connectivity index (χ0) is 2.00. The Morgan fingerprint density at radius 3 is 1.25 bits per heavy atom. The zero-order valence-electron chi connectivity index (χ0n) is 1.13. The summed E-state index contributed by atoms with van der Waals surface area (Å²) in [6.07, 6.45) is 0. The fraction of sp³-hybridized carbons (Fsp3) is 0. The summed E-state index contributed by atoms with van der Waals surface area (Å²) in [4.78, 5) is 0. The van der Waals surface area contributed by atoms with Crippen molar-refractivity contribution < 1.29 is 52.9 Å². The second kappa shape index (κ2) is 16.0. The summed E-state index contributed by atoms with van der Waals surface area (Å²) in [5, 5.41) is 0. The van der Waals surface area contributed by atoms with E-state index in [1.807, 2.05) is 0 Å². The second-order valence-electron chi connectivity index (χ2n) is 0. The molecule has 0 spiro atoms. The van der Waals surface area contributed by atoms with Gasteiger partial charge >= 0.3 is 48.9 Å². The molecule has 4 heavy (non-hydrogen) atoms. The van der Waals surface area contributed by atoms with Gasteiger partial charge in [-0.3, -0.25) is 0 Å². The van der Waals surface area contributed by atoms with E-state index in [1.165, 1.54) is 16.4 Å². The summed E-state index contributed by atoms with van der Waals surface area (Å²) in [6, 6.07) is 0. The molecule has 0 heterocycles. The molecule has 0 aliphatic heterocycles. The van der Waals surface area contributed by atoms with Crippen molar-refractivity contribution in [2.24, 2.45) is 0 Å². The molecule has 0 aromatic heterocycles. The van der Waals surface area contributed by atoms with Crippen LogP contribution in [0.5, 0.6) is 0 Å². The Kier molecular flexibility index (Phi) is 62.6. The van der Waals surface area contributed by atoms with Gasteiger partial charge in [-0.25, -0.2) is 0 Å². The first-order valence-corrected chi connectivity index (χ1v) is 0.742. The Balaban J connectivity index is -0.00000000500. The van der Waals surface area contributed by atoms with Crippen LogP contribution in [0.4, 0.5) is 3.56 Å². The van der Waals surface area contributed by atoms with Crippen LogP contribution >= 0.6 is 16.4 Å². The maximum Gasteiger partial charge on any atom is 0 e. The van der Waals surface area contributed by atoms with Gasteiger partial charge < -0.3 is 0 Å². The molecule has 0 aromatic rings.